The number of fused-ring (bicyclic) bond motifs is 1. The Labute approximate surface area is 209 Å². The van der Waals surface area contributed by atoms with Gasteiger partial charge >= 0.3 is 18.4 Å². The highest BCUT2D eigenvalue weighted by Crippen LogP contribution is 2.36. The molecule has 0 amide bonds. The van der Waals surface area contributed by atoms with E-state index in [1.165, 1.54) is 24.4 Å². The number of aromatic nitrogens is 3. The van der Waals surface area contributed by atoms with Crippen molar-refractivity contribution in [2.24, 2.45) is 0 Å². The van der Waals surface area contributed by atoms with E-state index in [9.17, 15) is 26.3 Å². The maximum Gasteiger partial charge on any atom is 0.419 e. The quantitative estimate of drug-likeness (QED) is 0.283. The lowest BCUT2D eigenvalue weighted by molar-refractivity contribution is -0.138. The topological polar surface area (TPSA) is 63.2 Å². The van der Waals surface area contributed by atoms with Gasteiger partial charge in [-0.25, -0.2) is 4.98 Å². The molecule has 0 saturated heterocycles. The summed E-state index contributed by atoms with van der Waals surface area (Å²) in [5.74, 6) is 0.183. The molecule has 0 bridgehead atoms. The standard InChI is InChI=1S/C25H25F6N5O/c1-2-3-15-37-23-34-20-11-14-36(22-19(25(29,30)31)5-4-12-32-22)13-10-18(20)21(35-23)33-17-8-6-16(7-9-17)24(26,27)28/h4-9,12H,2-3,10-11,13-15H2,1H3,(H,33,34,35). The Morgan fingerprint density at radius 3 is 2.35 bits per heavy atom. The summed E-state index contributed by atoms with van der Waals surface area (Å²) in [5, 5.41) is 3.05. The van der Waals surface area contributed by atoms with Crippen LogP contribution in [0.1, 0.15) is 42.1 Å². The van der Waals surface area contributed by atoms with Gasteiger partial charge in [0, 0.05) is 37.0 Å². The van der Waals surface area contributed by atoms with Gasteiger partial charge in [-0.05, 0) is 49.2 Å². The van der Waals surface area contributed by atoms with Crippen molar-refractivity contribution in [1.29, 1.82) is 0 Å². The van der Waals surface area contributed by atoms with Crippen LogP contribution in [-0.4, -0.2) is 34.6 Å². The Morgan fingerprint density at radius 1 is 0.946 bits per heavy atom. The molecule has 1 aliphatic heterocycles. The Bertz CT molecular complexity index is 1210. The number of ether oxygens (including phenoxy) is 1. The van der Waals surface area contributed by atoms with Gasteiger partial charge in [0.15, 0.2) is 0 Å². The van der Waals surface area contributed by atoms with Crippen LogP contribution in [0.4, 0.5) is 43.7 Å². The zero-order chi connectivity index (χ0) is 26.6. The Hall–Kier alpha value is -3.57. The van der Waals surface area contributed by atoms with Crippen LogP contribution in [0.3, 0.4) is 0 Å². The molecule has 0 atom stereocenters. The molecule has 0 radical (unpaired) electrons. The van der Waals surface area contributed by atoms with Gasteiger partial charge in [-0.2, -0.15) is 36.3 Å². The van der Waals surface area contributed by atoms with Crippen LogP contribution in [-0.2, 0) is 25.2 Å². The number of nitrogens with one attached hydrogen (secondary N) is 1. The number of pyridine rings is 1. The Morgan fingerprint density at radius 2 is 1.68 bits per heavy atom. The van der Waals surface area contributed by atoms with Gasteiger partial charge in [0.2, 0.25) is 0 Å². The smallest absolute Gasteiger partial charge is 0.419 e. The van der Waals surface area contributed by atoms with Crippen LogP contribution < -0.4 is 15.0 Å². The van der Waals surface area contributed by atoms with Crippen molar-refractivity contribution in [1.82, 2.24) is 15.0 Å². The number of unbranched alkanes of at least 4 members (excludes halogenated alkanes) is 1. The molecule has 0 spiro atoms. The lowest BCUT2D eigenvalue weighted by Crippen LogP contribution is -2.29. The Kier molecular flexibility index (Phi) is 7.74. The lowest BCUT2D eigenvalue weighted by atomic mass is 10.1. The van der Waals surface area contributed by atoms with E-state index < -0.39 is 23.5 Å². The minimum Gasteiger partial charge on any atom is -0.463 e. The molecule has 2 aromatic heterocycles. The molecule has 3 aromatic rings. The third kappa shape index (κ3) is 6.41. The van der Waals surface area contributed by atoms with Crippen LogP contribution in [0.2, 0.25) is 0 Å². The van der Waals surface area contributed by atoms with Gasteiger partial charge in [0.05, 0.1) is 23.4 Å². The summed E-state index contributed by atoms with van der Waals surface area (Å²) in [6.45, 7) is 2.83. The second-order valence-electron chi connectivity index (χ2n) is 8.54. The van der Waals surface area contributed by atoms with E-state index in [4.69, 9.17) is 4.74 Å². The molecule has 3 heterocycles. The van der Waals surface area contributed by atoms with Crippen molar-refractivity contribution >= 4 is 17.3 Å². The SMILES string of the molecule is CCCCOc1nc2c(c(Nc3ccc(C(F)(F)F)cc3)n1)CCN(c1ncccc1C(F)(F)F)CC2. The average Bonchev–Trinajstić information content (AvgIpc) is 3.06. The zero-order valence-electron chi connectivity index (χ0n) is 20.0. The summed E-state index contributed by atoms with van der Waals surface area (Å²) >= 11 is 0. The molecular formula is C25H25F6N5O. The maximum atomic E-state index is 13.6. The largest absolute Gasteiger partial charge is 0.463 e. The number of anilines is 3. The normalized spacial score (nSPS) is 14.2. The first kappa shape index (κ1) is 26.5. The first-order valence-electron chi connectivity index (χ1n) is 11.8. The highest BCUT2D eigenvalue weighted by atomic mass is 19.4. The molecule has 0 aliphatic carbocycles. The summed E-state index contributed by atoms with van der Waals surface area (Å²) in [7, 11) is 0. The molecule has 4 rings (SSSR count). The zero-order valence-corrected chi connectivity index (χ0v) is 20.0. The van der Waals surface area contributed by atoms with E-state index >= 15 is 0 Å². The summed E-state index contributed by atoms with van der Waals surface area (Å²) in [5.41, 5.74) is 0.0320. The summed E-state index contributed by atoms with van der Waals surface area (Å²) < 4.78 is 85.3. The van der Waals surface area contributed by atoms with Gasteiger partial charge in [-0.1, -0.05) is 13.3 Å². The minimum absolute atomic E-state index is 0.101. The number of alkyl halides is 6. The van der Waals surface area contributed by atoms with Crippen LogP contribution in [0.5, 0.6) is 6.01 Å². The van der Waals surface area contributed by atoms with Gasteiger partial charge in [0.1, 0.15) is 11.6 Å². The summed E-state index contributed by atoms with van der Waals surface area (Å²) in [6, 6.07) is 6.85. The second kappa shape index (κ2) is 10.8. The first-order chi connectivity index (χ1) is 17.6. The van der Waals surface area contributed by atoms with Crippen LogP contribution >= 0.6 is 0 Å². The monoisotopic (exact) mass is 525 g/mol. The third-order valence-electron chi connectivity index (χ3n) is 5.92. The van der Waals surface area contributed by atoms with Crippen molar-refractivity contribution in [2.45, 2.75) is 45.0 Å². The lowest BCUT2D eigenvalue weighted by Gasteiger charge is -2.24. The Balaban J connectivity index is 1.64. The summed E-state index contributed by atoms with van der Waals surface area (Å²) in [4.78, 5) is 14.5. The summed E-state index contributed by atoms with van der Waals surface area (Å²) in [6.07, 6.45) is -5.44. The van der Waals surface area contributed by atoms with Crippen LogP contribution in [0.15, 0.2) is 42.6 Å². The van der Waals surface area contributed by atoms with E-state index in [1.807, 2.05) is 6.92 Å². The van der Waals surface area contributed by atoms with Crippen molar-refractivity contribution in [3.8, 4) is 6.01 Å². The molecule has 1 aromatic carbocycles. The molecule has 1 N–H and O–H groups in total. The van der Waals surface area contributed by atoms with Crippen LogP contribution in [0, 0.1) is 0 Å². The minimum atomic E-state index is -4.56. The van der Waals surface area contributed by atoms with E-state index in [0.717, 1.165) is 31.0 Å². The third-order valence-corrected chi connectivity index (χ3v) is 5.92. The van der Waals surface area contributed by atoms with Crippen molar-refractivity contribution in [3.63, 3.8) is 0 Å². The molecular weight excluding hydrogens is 500 g/mol. The van der Waals surface area contributed by atoms with E-state index in [1.54, 1.807) is 4.90 Å². The van der Waals surface area contributed by atoms with Crippen LogP contribution in [0.25, 0.3) is 0 Å². The highest BCUT2D eigenvalue weighted by Gasteiger charge is 2.36. The fourth-order valence-corrected chi connectivity index (χ4v) is 4.01. The van der Waals surface area contributed by atoms with Crippen molar-refractivity contribution in [3.05, 3.63) is 65.0 Å². The number of hydrogen-bond acceptors (Lipinski definition) is 6. The molecule has 0 saturated carbocycles. The number of hydrogen-bond donors (Lipinski definition) is 1. The van der Waals surface area contributed by atoms with Gasteiger partial charge in [-0.15, -0.1) is 0 Å². The van der Waals surface area contributed by atoms with E-state index in [0.29, 0.717) is 42.2 Å². The first-order valence-corrected chi connectivity index (χ1v) is 11.8. The van der Waals surface area contributed by atoms with Crippen molar-refractivity contribution < 1.29 is 31.1 Å². The molecule has 0 fully saturated rings. The molecule has 1 aliphatic rings. The molecule has 0 unspecified atom stereocenters. The van der Waals surface area contributed by atoms with E-state index in [-0.39, 0.29) is 24.9 Å². The fraction of sp³-hybridized carbons (Fsp3) is 0.400. The highest BCUT2D eigenvalue weighted by molar-refractivity contribution is 5.62. The van der Waals surface area contributed by atoms with Gasteiger partial charge < -0.3 is 15.0 Å². The van der Waals surface area contributed by atoms with Gasteiger partial charge in [0.25, 0.3) is 0 Å². The molecule has 12 heteroatoms. The molecule has 198 valence electrons. The number of rotatable bonds is 7. The second-order valence-corrected chi connectivity index (χ2v) is 8.54. The van der Waals surface area contributed by atoms with Gasteiger partial charge in [-0.3, -0.25) is 0 Å². The molecule has 6 nitrogen and oxygen atoms in total. The predicted octanol–water partition coefficient (Wildman–Crippen LogP) is 6.44. The van der Waals surface area contributed by atoms with Crippen molar-refractivity contribution in [2.75, 3.05) is 29.9 Å². The maximum absolute atomic E-state index is 13.6. The number of nitrogens with zero attached hydrogens (tertiary/aromatic N) is 4. The predicted molar refractivity (Wildman–Crippen MR) is 126 cm³/mol. The molecule has 37 heavy (non-hydrogen) atoms. The number of benzene rings is 1. The van der Waals surface area contributed by atoms with E-state index in [2.05, 4.69) is 20.3 Å². The number of halogens is 6. The average molecular weight is 525 g/mol. The fourth-order valence-electron chi connectivity index (χ4n) is 4.01.